The van der Waals surface area contributed by atoms with Gasteiger partial charge in [-0.2, -0.15) is 0 Å². The minimum atomic E-state index is -0.429. The molecule has 0 saturated carbocycles. The van der Waals surface area contributed by atoms with Crippen LogP contribution in [-0.4, -0.2) is 53.0 Å². The average molecular weight is 520 g/mol. The van der Waals surface area contributed by atoms with E-state index in [1.807, 2.05) is 20.8 Å². The van der Waals surface area contributed by atoms with Crippen LogP contribution in [0.1, 0.15) is 62.4 Å². The second-order valence-corrected chi connectivity index (χ2v) is 8.63. The molecule has 1 amide bonds. The number of benzene rings is 1. The Morgan fingerprint density at radius 1 is 1.22 bits per heavy atom. The number of ether oxygens (including phenoxy) is 1. The second-order valence-electron chi connectivity index (χ2n) is 8.25. The van der Waals surface area contributed by atoms with E-state index in [1.54, 1.807) is 40.0 Å². The van der Waals surface area contributed by atoms with E-state index in [2.05, 4.69) is 17.2 Å². The fourth-order valence-electron chi connectivity index (χ4n) is 3.62. The van der Waals surface area contributed by atoms with Crippen molar-refractivity contribution < 1.29 is 13.9 Å². The molecule has 0 spiro atoms. The Kier molecular flexibility index (Phi) is 12.7. The Hall–Kier alpha value is -2.68. The summed E-state index contributed by atoms with van der Waals surface area (Å²) in [6.45, 7) is 10.5. The Balaban J connectivity index is 0.00000222. The highest BCUT2D eigenvalue weighted by atomic mass is 35.5. The van der Waals surface area contributed by atoms with Gasteiger partial charge in [-0.05, 0) is 50.4 Å². The van der Waals surface area contributed by atoms with Crippen molar-refractivity contribution in [1.82, 2.24) is 14.3 Å². The summed E-state index contributed by atoms with van der Waals surface area (Å²) in [7, 11) is 0. The van der Waals surface area contributed by atoms with E-state index in [0.29, 0.717) is 49.7 Å². The van der Waals surface area contributed by atoms with Crippen molar-refractivity contribution in [3.05, 3.63) is 58.8 Å². The number of unbranched alkanes of at least 4 members (excludes halogenated alkanes) is 2. The van der Waals surface area contributed by atoms with E-state index in [-0.39, 0.29) is 16.6 Å². The second kappa shape index (κ2) is 15.4. The normalized spacial score (nSPS) is 10.8. The van der Waals surface area contributed by atoms with Gasteiger partial charge in [-0.25, -0.2) is 9.37 Å². The van der Waals surface area contributed by atoms with Crippen LogP contribution in [0.25, 0.3) is 5.65 Å². The number of carbonyl (C=O) groups excluding carboxylic acids is 1. The molecule has 3 aromatic rings. The van der Waals surface area contributed by atoms with E-state index < -0.39 is 5.82 Å². The van der Waals surface area contributed by atoms with Crippen LogP contribution in [-0.2, 0) is 4.74 Å². The molecule has 36 heavy (non-hydrogen) atoms. The van der Waals surface area contributed by atoms with Crippen LogP contribution in [0.15, 0.2) is 36.8 Å². The number of nitrogens with zero attached hydrogens (tertiary/aromatic N) is 3. The maximum absolute atomic E-state index is 14.6. The standard InChI is InChI=1S/C25H33ClFN5O2.C2H6/c1-3-4-14-34-15-13-31(11-6-5-9-28)25(33)19-17-32-12-10-29-24(32)22(26)23(19)30-21-8-7-18(2)16-20(21)27;1-2/h7-8,10,12,16-17,30H,3-6,9,11,13-15,28H2,1-2H3;1-2H3. The molecule has 7 nitrogen and oxygen atoms in total. The van der Waals surface area contributed by atoms with E-state index >= 15 is 0 Å². The lowest BCUT2D eigenvalue weighted by molar-refractivity contribution is 0.0635. The van der Waals surface area contributed by atoms with Crippen molar-refractivity contribution in [3.63, 3.8) is 0 Å². The highest BCUT2D eigenvalue weighted by Gasteiger charge is 2.24. The van der Waals surface area contributed by atoms with Crippen LogP contribution in [0.4, 0.5) is 15.8 Å². The van der Waals surface area contributed by atoms with Crippen molar-refractivity contribution in [2.24, 2.45) is 5.73 Å². The monoisotopic (exact) mass is 519 g/mol. The lowest BCUT2D eigenvalue weighted by Gasteiger charge is -2.25. The van der Waals surface area contributed by atoms with Crippen molar-refractivity contribution in [1.29, 1.82) is 0 Å². The Bertz CT molecular complexity index is 1110. The molecule has 0 aliphatic heterocycles. The quantitative estimate of drug-likeness (QED) is 0.262. The number of hydrogen-bond donors (Lipinski definition) is 2. The first-order valence-electron chi connectivity index (χ1n) is 12.7. The molecule has 9 heteroatoms. The zero-order valence-corrected chi connectivity index (χ0v) is 22.6. The van der Waals surface area contributed by atoms with Crippen molar-refractivity contribution in [2.45, 2.75) is 53.4 Å². The number of fused-ring (bicyclic) bond motifs is 1. The lowest BCUT2D eigenvalue weighted by Crippen LogP contribution is -2.36. The van der Waals surface area contributed by atoms with E-state index in [9.17, 15) is 9.18 Å². The van der Waals surface area contributed by atoms with Crippen LogP contribution >= 0.6 is 11.6 Å². The molecule has 1 aromatic carbocycles. The summed E-state index contributed by atoms with van der Waals surface area (Å²) in [5, 5.41) is 3.29. The lowest BCUT2D eigenvalue weighted by atomic mass is 10.1. The van der Waals surface area contributed by atoms with Gasteiger partial charge < -0.3 is 25.1 Å². The maximum Gasteiger partial charge on any atom is 0.257 e. The first-order chi connectivity index (χ1) is 17.5. The van der Waals surface area contributed by atoms with E-state index in [4.69, 9.17) is 22.1 Å². The van der Waals surface area contributed by atoms with Crippen LogP contribution in [0, 0.1) is 12.7 Å². The summed E-state index contributed by atoms with van der Waals surface area (Å²) in [5.41, 5.74) is 7.82. The summed E-state index contributed by atoms with van der Waals surface area (Å²) in [6.07, 6.45) is 8.61. The van der Waals surface area contributed by atoms with Gasteiger partial charge in [-0.3, -0.25) is 4.79 Å². The fraction of sp³-hybridized carbons (Fsp3) is 0.481. The van der Waals surface area contributed by atoms with Crippen molar-refractivity contribution in [2.75, 3.05) is 38.2 Å². The number of halogens is 2. The minimum Gasteiger partial charge on any atom is -0.380 e. The molecule has 0 radical (unpaired) electrons. The zero-order chi connectivity index (χ0) is 26.5. The molecule has 0 aliphatic carbocycles. The number of pyridine rings is 1. The van der Waals surface area contributed by atoms with E-state index in [1.165, 1.54) is 6.07 Å². The summed E-state index contributed by atoms with van der Waals surface area (Å²) in [4.78, 5) is 19.8. The maximum atomic E-state index is 14.6. The molecule has 2 aromatic heterocycles. The average Bonchev–Trinajstić information content (AvgIpc) is 3.36. The van der Waals surface area contributed by atoms with Crippen LogP contribution < -0.4 is 11.1 Å². The third kappa shape index (κ3) is 7.91. The third-order valence-corrected chi connectivity index (χ3v) is 5.91. The number of aromatic nitrogens is 2. The van der Waals surface area contributed by atoms with Crippen molar-refractivity contribution >= 4 is 34.5 Å². The molecular weight excluding hydrogens is 481 g/mol. The van der Waals surface area contributed by atoms with Crippen LogP contribution in [0.2, 0.25) is 5.02 Å². The molecule has 0 aliphatic rings. The number of imidazole rings is 1. The van der Waals surface area contributed by atoms with Crippen LogP contribution in [0.5, 0.6) is 0 Å². The topological polar surface area (TPSA) is 84.9 Å². The van der Waals surface area contributed by atoms with Gasteiger partial charge in [0.2, 0.25) is 0 Å². The Morgan fingerprint density at radius 2 is 2.00 bits per heavy atom. The number of amides is 1. The number of nitrogens with one attached hydrogen (secondary N) is 1. The van der Waals surface area contributed by atoms with Crippen LogP contribution in [0.3, 0.4) is 0 Å². The smallest absolute Gasteiger partial charge is 0.257 e. The summed E-state index contributed by atoms with van der Waals surface area (Å²) < 4.78 is 22.0. The first-order valence-corrected chi connectivity index (χ1v) is 13.1. The Morgan fingerprint density at radius 3 is 2.69 bits per heavy atom. The summed E-state index contributed by atoms with van der Waals surface area (Å²) >= 11 is 6.68. The fourth-order valence-corrected chi connectivity index (χ4v) is 3.91. The largest absolute Gasteiger partial charge is 0.380 e. The highest BCUT2D eigenvalue weighted by molar-refractivity contribution is 6.37. The molecule has 2 heterocycles. The number of carbonyl (C=O) groups is 1. The number of anilines is 2. The predicted octanol–water partition coefficient (Wildman–Crippen LogP) is 6.20. The number of hydrogen-bond acceptors (Lipinski definition) is 5. The molecule has 3 N–H and O–H groups in total. The number of nitrogens with two attached hydrogens (primary N) is 1. The van der Waals surface area contributed by atoms with Gasteiger partial charge in [0, 0.05) is 38.3 Å². The highest BCUT2D eigenvalue weighted by Crippen LogP contribution is 2.34. The predicted molar refractivity (Wildman–Crippen MR) is 146 cm³/mol. The van der Waals surface area contributed by atoms with Gasteiger partial charge in [-0.15, -0.1) is 0 Å². The van der Waals surface area contributed by atoms with Gasteiger partial charge >= 0.3 is 0 Å². The summed E-state index contributed by atoms with van der Waals surface area (Å²) in [5.74, 6) is -0.648. The molecule has 0 unspecified atom stereocenters. The van der Waals surface area contributed by atoms with Gasteiger partial charge in [0.25, 0.3) is 5.91 Å². The molecule has 0 fully saturated rings. The van der Waals surface area contributed by atoms with E-state index in [0.717, 1.165) is 31.2 Å². The SMILES string of the molecule is CC.CCCCOCCN(CCCCN)C(=O)c1cn2ccnc2c(Cl)c1Nc1ccc(C)cc1F. The molecule has 0 saturated heterocycles. The molecule has 3 rings (SSSR count). The third-order valence-electron chi connectivity index (χ3n) is 5.55. The summed E-state index contributed by atoms with van der Waals surface area (Å²) in [6, 6.07) is 4.85. The first kappa shape index (κ1) is 29.5. The molecular formula is C27H39ClFN5O2. The van der Waals surface area contributed by atoms with Gasteiger partial charge in [0.15, 0.2) is 5.65 Å². The molecule has 0 atom stereocenters. The van der Waals surface area contributed by atoms with Gasteiger partial charge in [0.1, 0.15) is 10.8 Å². The number of rotatable bonds is 13. The molecule has 0 bridgehead atoms. The zero-order valence-electron chi connectivity index (χ0n) is 21.8. The number of aryl methyl sites for hydroxylation is 1. The van der Waals surface area contributed by atoms with Crippen molar-refractivity contribution in [3.8, 4) is 0 Å². The van der Waals surface area contributed by atoms with Gasteiger partial charge in [-0.1, -0.05) is 44.9 Å². The Labute approximate surface area is 218 Å². The molecule has 198 valence electrons. The van der Waals surface area contributed by atoms with Gasteiger partial charge in [0.05, 0.1) is 23.5 Å². The minimum absolute atomic E-state index is 0.219.